The number of esters is 2. The number of amides is 2. The molecule has 2 atom stereocenters. The fraction of sp³-hybridized carbons (Fsp3) is 0.571. The molecule has 2 amide bonds. The van der Waals surface area contributed by atoms with Gasteiger partial charge in [0.25, 0.3) is 0 Å². The first kappa shape index (κ1) is 32.5. The van der Waals surface area contributed by atoms with Gasteiger partial charge in [0.15, 0.2) is 0 Å². The van der Waals surface area contributed by atoms with Crippen molar-refractivity contribution in [3.8, 4) is 0 Å². The van der Waals surface area contributed by atoms with E-state index < -0.39 is 47.4 Å². The van der Waals surface area contributed by atoms with Crippen LogP contribution in [0.25, 0.3) is 0 Å². The Morgan fingerprint density at radius 2 is 1.26 bits per heavy atom. The molecule has 0 aromatic carbocycles. The minimum Gasteiger partial charge on any atom is -0.458 e. The number of hydrogen-bond acceptors (Lipinski definition) is 8. The molecule has 10 nitrogen and oxygen atoms in total. The summed E-state index contributed by atoms with van der Waals surface area (Å²) in [6, 6.07) is 0. The number of alkyl carbamates (subject to hydrolysis) is 2. The van der Waals surface area contributed by atoms with Crippen LogP contribution in [0.5, 0.6) is 0 Å². The summed E-state index contributed by atoms with van der Waals surface area (Å²) in [6.07, 6.45) is 2.78. The highest BCUT2D eigenvalue weighted by Gasteiger charge is 2.32. The molecule has 0 aromatic rings. The molecule has 0 aliphatic heterocycles. The SMILES string of the molecule is C=C(C)C(=O)OCC(C)OC(=O)NC(C)(C)C1=CCCC(C(C)(C)NC(=O)OC(C)COC(=O)C(=C)C)=C1. The zero-order chi connectivity index (χ0) is 29.3. The van der Waals surface area contributed by atoms with Gasteiger partial charge >= 0.3 is 24.1 Å². The standard InChI is InChI=1S/C28H42N2O8/c1-17(2)23(31)35-15-19(5)37-25(33)29-27(7,8)21-12-11-13-22(14-21)28(9,10)30-26(34)38-20(6)16-36-24(32)18(3)4/h12,14,19-20H,1,3,11,13,15-16H2,2,4-10H3,(H,29,33)(H,30,34). The van der Waals surface area contributed by atoms with Gasteiger partial charge in [-0.1, -0.05) is 25.3 Å². The summed E-state index contributed by atoms with van der Waals surface area (Å²) in [7, 11) is 0. The van der Waals surface area contributed by atoms with Crippen molar-refractivity contribution in [3.05, 3.63) is 47.6 Å². The topological polar surface area (TPSA) is 129 Å². The summed E-state index contributed by atoms with van der Waals surface area (Å²) in [4.78, 5) is 48.1. The lowest BCUT2D eigenvalue weighted by molar-refractivity contribution is -0.142. The summed E-state index contributed by atoms with van der Waals surface area (Å²) in [6.45, 7) is 20.6. The molecule has 0 aromatic heterocycles. The Morgan fingerprint density at radius 3 is 1.68 bits per heavy atom. The Bertz CT molecular complexity index is 1010. The van der Waals surface area contributed by atoms with Gasteiger partial charge in [-0.3, -0.25) is 0 Å². The largest absolute Gasteiger partial charge is 0.458 e. The molecule has 1 aliphatic carbocycles. The quantitative estimate of drug-likeness (QED) is 0.210. The molecule has 10 heteroatoms. The van der Waals surface area contributed by atoms with Gasteiger partial charge in [0, 0.05) is 11.1 Å². The molecule has 2 unspecified atom stereocenters. The van der Waals surface area contributed by atoms with Crippen molar-refractivity contribution in [3.63, 3.8) is 0 Å². The lowest BCUT2D eigenvalue weighted by Gasteiger charge is -2.35. The van der Waals surface area contributed by atoms with Crippen molar-refractivity contribution in [1.82, 2.24) is 10.6 Å². The van der Waals surface area contributed by atoms with E-state index in [0.29, 0.717) is 12.8 Å². The average molecular weight is 535 g/mol. The maximum Gasteiger partial charge on any atom is 0.408 e. The minimum absolute atomic E-state index is 0.0833. The third-order valence-electron chi connectivity index (χ3n) is 5.67. The van der Waals surface area contributed by atoms with Gasteiger partial charge in [-0.15, -0.1) is 0 Å². The molecule has 0 fully saturated rings. The monoisotopic (exact) mass is 534 g/mol. The molecule has 0 saturated carbocycles. The van der Waals surface area contributed by atoms with Crippen LogP contribution in [-0.2, 0) is 28.5 Å². The first-order valence-corrected chi connectivity index (χ1v) is 12.5. The number of hydrogen-bond donors (Lipinski definition) is 2. The molecule has 212 valence electrons. The second-order valence-corrected chi connectivity index (χ2v) is 10.6. The Hall–Kier alpha value is -3.56. The van der Waals surface area contributed by atoms with E-state index in [-0.39, 0.29) is 24.4 Å². The van der Waals surface area contributed by atoms with Gasteiger partial charge in [-0.05, 0) is 79.4 Å². The Labute approximate surface area is 225 Å². The van der Waals surface area contributed by atoms with E-state index in [4.69, 9.17) is 18.9 Å². The van der Waals surface area contributed by atoms with Crippen LogP contribution in [0, 0.1) is 0 Å². The molecule has 0 saturated heterocycles. The van der Waals surface area contributed by atoms with Gasteiger partial charge in [0.2, 0.25) is 0 Å². The summed E-state index contributed by atoms with van der Waals surface area (Å²) in [5.41, 5.74) is 0.786. The van der Waals surface area contributed by atoms with Crippen LogP contribution in [0.2, 0.25) is 0 Å². The Kier molecular flexibility index (Phi) is 11.8. The zero-order valence-corrected chi connectivity index (χ0v) is 23.8. The highest BCUT2D eigenvalue weighted by Crippen LogP contribution is 2.31. The zero-order valence-electron chi connectivity index (χ0n) is 23.8. The maximum atomic E-state index is 12.5. The molecular weight excluding hydrogens is 492 g/mol. The van der Waals surface area contributed by atoms with Crippen LogP contribution < -0.4 is 10.6 Å². The van der Waals surface area contributed by atoms with Crippen LogP contribution >= 0.6 is 0 Å². The van der Waals surface area contributed by atoms with Gasteiger partial charge < -0.3 is 29.6 Å². The first-order chi connectivity index (χ1) is 17.4. The number of allylic oxidation sites excluding steroid dienone is 1. The van der Waals surface area contributed by atoms with Gasteiger partial charge in [0.1, 0.15) is 25.4 Å². The van der Waals surface area contributed by atoms with E-state index in [2.05, 4.69) is 23.8 Å². The number of ether oxygens (including phenoxy) is 4. The second-order valence-electron chi connectivity index (χ2n) is 10.6. The molecule has 1 aliphatic rings. The van der Waals surface area contributed by atoms with E-state index in [1.807, 2.05) is 39.8 Å². The Morgan fingerprint density at radius 1 is 0.842 bits per heavy atom. The summed E-state index contributed by atoms with van der Waals surface area (Å²) in [5.74, 6) is -1.10. The minimum atomic E-state index is -0.783. The van der Waals surface area contributed by atoms with Crippen molar-refractivity contribution in [2.24, 2.45) is 0 Å². The van der Waals surface area contributed by atoms with Gasteiger partial charge in [0.05, 0.1) is 11.1 Å². The number of nitrogens with one attached hydrogen (secondary N) is 2. The lowest BCUT2D eigenvalue weighted by atomic mass is 9.81. The highest BCUT2D eigenvalue weighted by atomic mass is 16.6. The van der Waals surface area contributed by atoms with Crippen molar-refractivity contribution in [2.75, 3.05) is 13.2 Å². The van der Waals surface area contributed by atoms with Crippen molar-refractivity contribution < 1.29 is 38.1 Å². The van der Waals surface area contributed by atoms with Gasteiger partial charge in [-0.25, -0.2) is 19.2 Å². The fourth-order valence-electron chi connectivity index (χ4n) is 3.42. The van der Waals surface area contributed by atoms with Crippen LogP contribution in [0.1, 0.15) is 68.2 Å². The predicted octanol–water partition coefficient (Wildman–Crippen LogP) is 4.66. The average Bonchev–Trinajstić information content (AvgIpc) is 2.79. The maximum absolute atomic E-state index is 12.5. The van der Waals surface area contributed by atoms with E-state index in [9.17, 15) is 19.2 Å². The van der Waals surface area contributed by atoms with Crippen molar-refractivity contribution >= 4 is 24.1 Å². The van der Waals surface area contributed by atoms with Crippen LogP contribution in [0.3, 0.4) is 0 Å². The Balaban J connectivity index is 2.74. The van der Waals surface area contributed by atoms with Crippen LogP contribution in [0.15, 0.2) is 47.6 Å². The number of carbonyl (C=O) groups excluding carboxylic acids is 4. The molecular formula is C28H42N2O8. The third kappa shape index (κ3) is 10.8. The molecule has 2 N–H and O–H groups in total. The molecule has 0 bridgehead atoms. The summed E-state index contributed by atoms with van der Waals surface area (Å²) >= 11 is 0. The molecule has 0 radical (unpaired) electrons. The second kappa shape index (κ2) is 13.8. The third-order valence-corrected chi connectivity index (χ3v) is 5.67. The van der Waals surface area contributed by atoms with Crippen molar-refractivity contribution in [2.45, 2.75) is 91.5 Å². The van der Waals surface area contributed by atoms with E-state index >= 15 is 0 Å². The first-order valence-electron chi connectivity index (χ1n) is 12.5. The number of carbonyl (C=O) groups is 4. The predicted molar refractivity (Wildman–Crippen MR) is 143 cm³/mol. The van der Waals surface area contributed by atoms with Crippen LogP contribution in [0.4, 0.5) is 9.59 Å². The van der Waals surface area contributed by atoms with E-state index in [1.165, 1.54) is 13.8 Å². The molecule has 0 spiro atoms. The van der Waals surface area contributed by atoms with E-state index in [0.717, 1.165) is 11.1 Å². The van der Waals surface area contributed by atoms with Crippen LogP contribution in [-0.4, -0.2) is 60.6 Å². The smallest absolute Gasteiger partial charge is 0.408 e. The van der Waals surface area contributed by atoms with Gasteiger partial charge in [-0.2, -0.15) is 0 Å². The molecule has 0 heterocycles. The normalized spacial score (nSPS) is 15.1. The molecule has 38 heavy (non-hydrogen) atoms. The summed E-state index contributed by atoms with van der Waals surface area (Å²) in [5, 5.41) is 5.71. The summed E-state index contributed by atoms with van der Waals surface area (Å²) < 4.78 is 20.7. The van der Waals surface area contributed by atoms with Crippen molar-refractivity contribution in [1.29, 1.82) is 0 Å². The fourth-order valence-corrected chi connectivity index (χ4v) is 3.42. The molecule has 1 rings (SSSR count). The number of rotatable bonds is 12. The highest BCUT2D eigenvalue weighted by molar-refractivity contribution is 5.87. The lowest BCUT2D eigenvalue weighted by Crippen LogP contribution is -2.48. The van der Waals surface area contributed by atoms with E-state index in [1.54, 1.807) is 13.8 Å².